The average molecular weight is 449 g/mol. The number of nitrogens with one attached hydrogen (secondary N) is 1. The Morgan fingerprint density at radius 3 is 2.53 bits per heavy atom. The van der Waals surface area contributed by atoms with Crippen molar-refractivity contribution < 1.29 is 9.21 Å². The first-order valence-corrected chi connectivity index (χ1v) is 11.2. The van der Waals surface area contributed by atoms with Crippen LogP contribution in [0.15, 0.2) is 102 Å². The van der Waals surface area contributed by atoms with Crippen molar-refractivity contribution in [2.24, 2.45) is 0 Å². The van der Waals surface area contributed by atoms with Gasteiger partial charge < -0.3 is 9.73 Å². The van der Waals surface area contributed by atoms with Crippen LogP contribution in [0, 0.1) is 6.92 Å². The van der Waals surface area contributed by atoms with E-state index >= 15 is 0 Å². The summed E-state index contributed by atoms with van der Waals surface area (Å²) in [5.74, 6) is 0.923. The fraction of sp³-hybridized carbons (Fsp3) is 0.107. The molecule has 0 radical (unpaired) electrons. The summed E-state index contributed by atoms with van der Waals surface area (Å²) < 4.78 is 7.84. The number of rotatable bonds is 7. The maximum absolute atomic E-state index is 13.0. The van der Waals surface area contributed by atoms with Gasteiger partial charge in [-0.3, -0.25) is 4.79 Å². The van der Waals surface area contributed by atoms with E-state index in [0.29, 0.717) is 35.7 Å². The van der Waals surface area contributed by atoms with Gasteiger partial charge in [-0.2, -0.15) is 5.10 Å². The first-order chi connectivity index (χ1) is 16.7. The van der Waals surface area contributed by atoms with Gasteiger partial charge in [0.2, 0.25) is 5.89 Å². The summed E-state index contributed by atoms with van der Waals surface area (Å²) in [4.78, 5) is 17.4. The molecular formula is C28H24N4O2. The van der Waals surface area contributed by atoms with E-state index < -0.39 is 0 Å². The van der Waals surface area contributed by atoms with Crippen LogP contribution < -0.4 is 5.32 Å². The van der Waals surface area contributed by atoms with E-state index in [4.69, 9.17) is 4.42 Å². The Balaban J connectivity index is 1.26. The number of aryl methyl sites for hydroxylation is 1. The number of carbonyl (C=O) groups is 1. The van der Waals surface area contributed by atoms with Crippen molar-refractivity contribution in [1.82, 2.24) is 20.1 Å². The molecule has 0 unspecified atom stereocenters. The number of hydrogen-bond donors (Lipinski definition) is 1. The van der Waals surface area contributed by atoms with Crippen molar-refractivity contribution >= 4 is 5.91 Å². The standard InChI is InChI=1S/C28H24N4O2/c1-20-11-13-22(14-12-20)26-18-30-28(34-26)25-10-6-5-9-24(25)27(33)29-16-15-21-17-31-32(19-21)23-7-3-2-4-8-23/h2-14,17-19H,15-16H2,1H3,(H,29,33). The van der Waals surface area contributed by atoms with Gasteiger partial charge in [-0.05, 0) is 43.2 Å². The van der Waals surface area contributed by atoms with Crippen LogP contribution in [0.1, 0.15) is 21.5 Å². The largest absolute Gasteiger partial charge is 0.436 e. The summed E-state index contributed by atoms with van der Waals surface area (Å²) in [5.41, 5.74) is 5.37. The van der Waals surface area contributed by atoms with Crippen molar-refractivity contribution in [3.05, 3.63) is 114 Å². The molecule has 0 atom stereocenters. The lowest BCUT2D eigenvalue weighted by Crippen LogP contribution is -2.26. The monoisotopic (exact) mass is 448 g/mol. The van der Waals surface area contributed by atoms with Crippen molar-refractivity contribution in [1.29, 1.82) is 0 Å². The number of para-hydroxylation sites is 1. The minimum Gasteiger partial charge on any atom is -0.436 e. The quantitative estimate of drug-likeness (QED) is 0.358. The van der Waals surface area contributed by atoms with Crippen molar-refractivity contribution in [3.8, 4) is 28.5 Å². The SMILES string of the molecule is Cc1ccc(-c2cnc(-c3ccccc3C(=O)NCCc3cnn(-c4ccccc4)c3)o2)cc1. The highest BCUT2D eigenvalue weighted by atomic mass is 16.4. The molecule has 0 fully saturated rings. The molecule has 0 saturated heterocycles. The molecule has 6 nitrogen and oxygen atoms in total. The van der Waals surface area contributed by atoms with E-state index in [0.717, 1.165) is 16.8 Å². The van der Waals surface area contributed by atoms with E-state index in [1.165, 1.54) is 5.56 Å². The predicted octanol–water partition coefficient (Wildman–Crippen LogP) is 5.48. The van der Waals surface area contributed by atoms with Gasteiger partial charge in [0.15, 0.2) is 5.76 Å². The molecule has 6 heteroatoms. The second-order valence-electron chi connectivity index (χ2n) is 8.08. The molecule has 0 bridgehead atoms. The predicted molar refractivity (Wildman–Crippen MR) is 132 cm³/mol. The van der Waals surface area contributed by atoms with E-state index in [1.807, 2.05) is 96.8 Å². The Labute approximate surface area is 197 Å². The maximum atomic E-state index is 13.0. The molecule has 168 valence electrons. The smallest absolute Gasteiger partial charge is 0.252 e. The van der Waals surface area contributed by atoms with Crippen LogP contribution in [0.2, 0.25) is 0 Å². The molecule has 5 aromatic rings. The summed E-state index contributed by atoms with van der Waals surface area (Å²) >= 11 is 0. The lowest BCUT2D eigenvalue weighted by atomic mass is 10.1. The number of hydrogen-bond acceptors (Lipinski definition) is 4. The van der Waals surface area contributed by atoms with Gasteiger partial charge in [-0.15, -0.1) is 0 Å². The van der Waals surface area contributed by atoms with E-state index in [9.17, 15) is 4.79 Å². The molecule has 1 amide bonds. The Morgan fingerprint density at radius 2 is 1.71 bits per heavy atom. The number of aromatic nitrogens is 3. The molecule has 3 aromatic carbocycles. The summed E-state index contributed by atoms with van der Waals surface area (Å²) in [7, 11) is 0. The zero-order valence-corrected chi connectivity index (χ0v) is 18.8. The lowest BCUT2D eigenvalue weighted by Gasteiger charge is -2.08. The number of oxazole rings is 1. The van der Waals surface area contributed by atoms with E-state index in [1.54, 1.807) is 12.3 Å². The van der Waals surface area contributed by atoms with Gasteiger partial charge >= 0.3 is 0 Å². The van der Waals surface area contributed by atoms with Gasteiger partial charge in [0.25, 0.3) is 5.91 Å². The molecule has 2 heterocycles. The summed E-state index contributed by atoms with van der Waals surface area (Å²) in [5, 5.41) is 7.42. The molecule has 1 N–H and O–H groups in total. The number of nitrogens with zero attached hydrogens (tertiary/aromatic N) is 3. The number of benzene rings is 3. The highest BCUT2D eigenvalue weighted by Gasteiger charge is 2.17. The third-order valence-corrected chi connectivity index (χ3v) is 5.60. The van der Waals surface area contributed by atoms with Gasteiger partial charge in [-0.1, -0.05) is 60.2 Å². The number of amides is 1. The summed E-state index contributed by atoms with van der Waals surface area (Å²) in [6, 6.07) is 25.3. The Bertz CT molecular complexity index is 1400. The number of carbonyl (C=O) groups excluding carboxylic acids is 1. The molecule has 0 aliphatic rings. The summed E-state index contributed by atoms with van der Waals surface area (Å²) in [6.45, 7) is 2.54. The molecular weight excluding hydrogens is 424 g/mol. The fourth-order valence-electron chi connectivity index (χ4n) is 3.74. The van der Waals surface area contributed by atoms with E-state index in [-0.39, 0.29) is 5.91 Å². The van der Waals surface area contributed by atoms with Crippen LogP contribution in [0.5, 0.6) is 0 Å². The molecule has 0 aliphatic carbocycles. The maximum Gasteiger partial charge on any atom is 0.252 e. The van der Waals surface area contributed by atoms with Gasteiger partial charge in [-0.25, -0.2) is 9.67 Å². The van der Waals surface area contributed by atoms with Gasteiger partial charge in [0.05, 0.1) is 23.6 Å². The van der Waals surface area contributed by atoms with Gasteiger partial charge in [0, 0.05) is 23.9 Å². The second kappa shape index (κ2) is 9.58. The third kappa shape index (κ3) is 4.66. The molecule has 0 spiro atoms. The minimum atomic E-state index is -0.166. The topological polar surface area (TPSA) is 73.0 Å². The molecule has 2 aromatic heterocycles. The van der Waals surface area contributed by atoms with Crippen LogP contribution in [0.25, 0.3) is 28.5 Å². The third-order valence-electron chi connectivity index (χ3n) is 5.60. The molecule has 34 heavy (non-hydrogen) atoms. The zero-order chi connectivity index (χ0) is 23.3. The van der Waals surface area contributed by atoms with E-state index in [2.05, 4.69) is 15.4 Å². The van der Waals surface area contributed by atoms with Crippen LogP contribution in [-0.2, 0) is 6.42 Å². The van der Waals surface area contributed by atoms with Crippen LogP contribution >= 0.6 is 0 Å². The summed E-state index contributed by atoms with van der Waals surface area (Å²) in [6.07, 6.45) is 6.18. The van der Waals surface area contributed by atoms with Crippen LogP contribution in [-0.4, -0.2) is 27.2 Å². The lowest BCUT2D eigenvalue weighted by molar-refractivity contribution is 0.0954. The highest BCUT2D eigenvalue weighted by molar-refractivity contribution is 6.00. The highest BCUT2D eigenvalue weighted by Crippen LogP contribution is 2.28. The Kier molecular flexibility index (Phi) is 6.03. The van der Waals surface area contributed by atoms with Crippen molar-refractivity contribution in [2.45, 2.75) is 13.3 Å². The van der Waals surface area contributed by atoms with Crippen molar-refractivity contribution in [2.75, 3.05) is 6.54 Å². The molecule has 0 aliphatic heterocycles. The first kappa shape index (κ1) is 21.4. The second-order valence-corrected chi connectivity index (χ2v) is 8.08. The normalized spacial score (nSPS) is 10.9. The van der Waals surface area contributed by atoms with Crippen LogP contribution in [0.4, 0.5) is 0 Å². The van der Waals surface area contributed by atoms with Crippen LogP contribution in [0.3, 0.4) is 0 Å². The Hall–Kier alpha value is -4.45. The Morgan fingerprint density at radius 1 is 0.941 bits per heavy atom. The first-order valence-electron chi connectivity index (χ1n) is 11.2. The van der Waals surface area contributed by atoms with Gasteiger partial charge in [0.1, 0.15) is 0 Å². The minimum absolute atomic E-state index is 0.166. The average Bonchev–Trinajstić information content (AvgIpc) is 3.55. The molecule has 5 rings (SSSR count). The molecule has 0 saturated carbocycles. The fourth-order valence-corrected chi connectivity index (χ4v) is 3.74. The zero-order valence-electron chi connectivity index (χ0n) is 18.8. The van der Waals surface area contributed by atoms with Crippen molar-refractivity contribution in [3.63, 3.8) is 0 Å².